The van der Waals surface area contributed by atoms with Crippen molar-refractivity contribution in [1.82, 2.24) is 15.1 Å². The Hall–Kier alpha value is -1.93. The number of halogens is 1. The maximum Gasteiger partial charge on any atom is 0.264 e. The molecule has 0 spiro atoms. The molecule has 2 N–H and O–H groups in total. The minimum Gasteiger partial charge on any atom is -0.316 e. The molecular formula is C12H15FN4O2S. The number of aromatic nitrogens is 2. The van der Waals surface area contributed by atoms with E-state index in [0.29, 0.717) is 12.1 Å². The maximum atomic E-state index is 13.8. The van der Waals surface area contributed by atoms with E-state index in [2.05, 4.69) is 15.1 Å². The molecule has 0 fully saturated rings. The van der Waals surface area contributed by atoms with Crippen molar-refractivity contribution < 1.29 is 12.8 Å². The number of nitrogens with one attached hydrogen (secondary N) is 2. The lowest BCUT2D eigenvalue weighted by Crippen LogP contribution is -2.15. The van der Waals surface area contributed by atoms with Crippen LogP contribution in [0, 0.1) is 5.82 Å². The number of hydrogen-bond donors (Lipinski definition) is 2. The van der Waals surface area contributed by atoms with Gasteiger partial charge in [0.05, 0.1) is 11.9 Å². The third-order valence-electron chi connectivity index (χ3n) is 2.62. The molecule has 8 heteroatoms. The summed E-state index contributed by atoms with van der Waals surface area (Å²) in [5.74, 6) is -0.791. The van der Waals surface area contributed by atoms with Crippen LogP contribution in [0.4, 0.5) is 10.1 Å². The van der Waals surface area contributed by atoms with E-state index in [-0.39, 0.29) is 10.6 Å². The lowest BCUT2D eigenvalue weighted by atomic mass is 10.2. The van der Waals surface area contributed by atoms with Crippen LogP contribution in [0.25, 0.3) is 0 Å². The number of hydrogen-bond acceptors (Lipinski definition) is 4. The summed E-state index contributed by atoms with van der Waals surface area (Å²) in [6.45, 7) is 0.454. The van der Waals surface area contributed by atoms with Crippen LogP contribution < -0.4 is 10.0 Å². The fourth-order valence-corrected chi connectivity index (χ4v) is 2.91. The molecule has 0 radical (unpaired) electrons. The Bertz CT molecular complexity index is 712. The smallest absolute Gasteiger partial charge is 0.264 e. The Balaban J connectivity index is 2.35. The summed E-state index contributed by atoms with van der Waals surface area (Å²) in [6, 6.07) is 3.99. The summed E-state index contributed by atoms with van der Waals surface area (Å²) < 4.78 is 41.9. The minimum atomic E-state index is -3.98. The minimum absolute atomic E-state index is 0.283. The first-order valence-electron chi connectivity index (χ1n) is 5.87. The van der Waals surface area contributed by atoms with Crippen LogP contribution in [0.5, 0.6) is 0 Å². The van der Waals surface area contributed by atoms with Gasteiger partial charge in [0.25, 0.3) is 10.0 Å². The van der Waals surface area contributed by atoms with Gasteiger partial charge in [0, 0.05) is 19.8 Å². The first-order valence-corrected chi connectivity index (χ1v) is 7.35. The van der Waals surface area contributed by atoms with Crippen LogP contribution in [-0.4, -0.2) is 25.2 Å². The molecule has 0 amide bonds. The fourth-order valence-electron chi connectivity index (χ4n) is 1.75. The number of rotatable bonds is 5. The SMILES string of the molecule is CNCc1ccc(F)c(S(=O)(=O)Nc2cnn(C)c2)c1. The number of nitrogens with zero attached hydrogens (tertiary/aromatic N) is 2. The van der Waals surface area contributed by atoms with E-state index in [4.69, 9.17) is 0 Å². The van der Waals surface area contributed by atoms with Crippen LogP contribution in [-0.2, 0) is 23.6 Å². The predicted molar refractivity (Wildman–Crippen MR) is 73.2 cm³/mol. The molecule has 0 aliphatic heterocycles. The van der Waals surface area contributed by atoms with Crippen LogP contribution >= 0.6 is 0 Å². The summed E-state index contributed by atoms with van der Waals surface area (Å²) in [5, 5.41) is 6.73. The Morgan fingerprint density at radius 1 is 1.40 bits per heavy atom. The fraction of sp³-hybridized carbons (Fsp3) is 0.250. The maximum absolute atomic E-state index is 13.8. The van der Waals surface area contributed by atoms with Crippen molar-refractivity contribution in [2.45, 2.75) is 11.4 Å². The zero-order valence-electron chi connectivity index (χ0n) is 11.1. The van der Waals surface area contributed by atoms with Crippen molar-refractivity contribution >= 4 is 15.7 Å². The summed E-state index contributed by atoms with van der Waals surface area (Å²) in [7, 11) is -0.591. The van der Waals surface area contributed by atoms with Crippen LogP contribution in [0.15, 0.2) is 35.5 Å². The number of benzene rings is 1. The molecule has 0 aliphatic carbocycles. The molecular weight excluding hydrogens is 283 g/mol. The first kappa shape index (κ1) is 14.5. The summed E-state index contributed by atoms with van der Waals surface area (Å²) >= 11 is 0. The second kappa shape index (κ2) is 5.59. The van der Waals surface area contributed by atoms with Gasteiger partial charge < -0.3 is 5.32 Å². The zero-order valence-corrected chi connectivity index (χ0v) is 11.9. The lowest BCUT2D eigenvalue weighted by Gasteiger charge is -2.09. The van der Waals surface area contributed by atoms with Crippen molar-refractivity contribution in [3.63, 3.8) is 0 Å². The zero-order chi connectivity index (χ0) is 14.8. The van der Waals surface area contributed by atoms with Gasteiger partial charge in [0.1, 0.15) is 10.7 Å². The number of sulfonamides is 1. The monoisotopic (exact) mass is 298 g/mol. The van der Waals surface area contributed by atoms with Gasteiger partial charge in [-0.1, -0.05) is 6.07 Å². The molecule has 1 aromatic heterocycles. The highest BCUT2D eigenvalue weighted by Crippen LogP contribution is 2.20. The van der Waals surface area contributed by atoms with Gasteiger partial charge in [-0.15, -0.1) is 0 Å². The Morgan fingerprint density at radius 2 is 2.15 bits per heavy atom. The van der Waals surface area contributed by atoms with Crippen molar-refractivity contribution in [3.8, 4) is 0 Å². The molecule has 0 unspecified atom stereocenters. The normalized spacial score (nSPS) is 11.6. The molecule has 0 saturated heterocycles. The Morgan fingerprint density at radius 3 is 2.75 bits per heavy atom. The van der Waals surface area contributed by atoms with E-state index in [1.807, 2.05) is 0 Å². The molecule has 2 rings (SSSR count). The molecule has 6 nitrogen and oxygen atoms in total. The van der Waals surface area contributed by atoms with Gasteiger partial charge in [0.2, 0.25) is 0 Å². The van der Waals surface area contributed by atoms with Crippen molar-refractivity contribution in [2.24, 2.45) is 7.05 Å². The van der Waals surface area contributed by atoms with E-state index in [1.54, 1.807) is 14.1 Å². The van der Waals surface area contributed by atoms with Crippen LogP contribution in [0.1, 0.15) is 5.56 Å². The second-order valence-corrected chi connectivity index (χ2v) is 5.95. The summed E-state index contributed by atoms with van der Waals surface area (Å²) in [6.07, 6.45) is 2.85. The molecule has 20 heavy (non-hydrogen) atoms. The molecule has 0 bridgehead atoms. The number of aryl methyl sites for hydroxylation is 1. The van der Waals surface area contributed by atoms with Gasteiger partial charge in [-0.05, 0) is 24.7 Å². The predicted octanol–water partition coefficient (Wildman–Crippen LogP) is 1.08. The van der Waals surface area contributed by atoms with Gasteiger partial charge in [-0.2, -0.15) is 5.10 Å². The molecule has 1 heterocycles. The molecule has 0 saturated carbocycles. The highest BCUT2D eigenvalue weighted by Gasteiger charge is 2.20. The van der Waals surface area contributed by atoms with Gasteiger partial charge in [-0.3, -0.25) is 9.40 Å². The Kier molecular flexibility index (Phi) is 4.05. The molecule has 2 aromatic rings. The van der Waals surface area contributed by atoms with Crippen LogP contribution in [0.2, 0.25) is 0 Å². The highest BCUT2D eigenvalue weighted by molar-refractivity contribution is 7.92. The van der Waals surface area contributed by atoms with E-state index in [1.165, 1.54) is 29.2 Å². The van der Waals surface area contributed by atoms with E-state index >= 15 is 0 Å². The van der Waals surface area contributed by atoms with Gasteiger partial charge in [-0.25, -0.2) is 12.8 Å². The van der Waals surface area contributed by atoms with Crippen molar-refractivity contribution in [1.29, 1.82) is 0 Å². The van der Waals surface area contributed by atoms with E-state index in [9.17, 15) is 12.8 Å². The largest absolute Gasteiger partial charge is 0.316 e. The third-order valence-corrected chi connectivity index (χ3v) is 4.02. The average Bonchev–Trinajstić information content (AvgIpc) is 2.76. The van der Waals surface area contributed by atoms with Crippen LogP contribution in [0.3, 0.4) is 0 Å². The summed E-state index contributed by atoms with van der Waals surface area (Å²) in [5.41, 5.74) is 0.964. The average molecular weight is 298 g/mol. The highest BCUT2D eigenvalue weighted by atomic mass is 32.2. The first-order chi connectivity index (χ1) is 9.42. The van der Waals surface area contributed by atoms with Crippen molar-refractivity contribution in [3.05, 3.63) is 42.0 Å². The topological polar surface area (TPSA) is 76.0 Å². The van der Waals surface area contributed by atoms with E-state index < -0.39 is 15.8 Å². The molecule has 0 atom stereocenters. The van der Waals surface area contributed by atoms with Gasteiger partial charge in [0.15, 0.2) is 0 Å². The molecule has 0 aliphatic rings. The molecule has 1 aromatic carbocycles. The lowest BCUT2D eigenvalue weighted by molar-refractivity contribution is 0.569. The third kappa shape index (κ3) is 3.14. The Labute approximate surface area is 116 Å². The standard InChI is InChI=1S/C12H15FN4O2S/c1-14-6-9-3-4-11(13)12(5-9)20(18,19)16-10-7-15-17(2)8-10/h3-5,7-8,14,16H,6H2,1-2H3. The quantitative estimate of drug-likeness (QED) is 0.866. The van der Waals surface area contributed by atoms with E-state index in [0.717, 1.165) is 6.07 Å². The summed E-state index contributed by atoms with van der Waals surface area (Å²) in [4.78, 5) is -0.380. The van der Waals surface area contributed by atoms with Crippen molar-refractivity contribution in [2.75, 3.05) is 11.8 Å². The number of anilines is 1. The second-order valence-electron chi connectivity index (χ2n) is 4.30. The molecule has 108 valence electrons. The van der Waals surface area contributed by atoms with Gasteiger partial charge >= 0.3 is 0 Å².